The quantitative estimate of drug-likeness (QED) is 0.908. The average Bonchev–Trinajstić information content (AvgIpc) is 2.47. The first-order valence-electron chi connectivity index (χ1n) is 6.25. The van der Waals surface area contributed by atoms with Gasteiger partial charge < -0.3 is 19.9 Å². The van der Waals surface area contributed by atoms with Gasteiger partial charge in [0.2, 0.25) is 0 Å². The molecular formula is C15H18N2O3. The van der Waals surface area contributed by atoms with Crippen LogP contribution in [0.4, 0.5) is 0 Å². The highest BCUT2D eigenvalue weighted by Crippen LogP contribution is 2.30. The number of aromatic nitrogens is 1. The molecule has 0 spiro atoms. The first-order chi connectivity index (χ1) is 9.62. The number of methoxy groups -OCH3 is 2. The molecule has 0 aliphatic carbocycles. The lowest BCUT2D eigenvalue weighted by molar-refractivity contribution is 0.386. The summed E-state index contributed by atoms with van der Waals surface area (Å²) < 4.78 is 16.1. The molecule has 1 atom stereocenters. The van der Waals surface area contributed by atoms with Gasteiger partial charge in [-0.3, -0.25) is 4.98 Å². The van der Waals surface area contributed by atoms with Gasteiger partial charge in [-0.05, 0) is 19.1 Å². The summed E-state index contributed by atoms with van der Waals surface area (Å²) in [5.74, 6) is 2.58. The van der Waals surface area contributed by atoms with Crippen molar-refractivity contribution in [3.8, 4) is 23.0 Å². The van der Waals surface area contributed by atoms with E-state index < -0.39 is 0 Å². The van der Waals surface area contributed by atoms with Gasteiger partial charge in [-0.1, -0.05) is 0 Å². The Balaban J connectivity index is 2.20. The number of hydrogen-bond donors (Lipinski definition) is 1. The predicted molar refractivity (Wildman–Crippen MR) is 76.5 cm³/mol. The van der Waals surface area contributed by atoms with Crippen LogP contribution in [0.1, 0.15) is 18.7 Å². The van der Waals surface area contributed by atoms with E-state index in [1.165, 1.54) is 0 Å². The SMILES string of the molecule is COc1cc(OC)cc(Oc2ccc(C(C)N)nc2)c1. The Hall–Kier alpha value is -2.27. The van der Waals surface area contributed by atoms with E-state index in [4.69, 9.17) is 19.9 Å². The van der Waals surface area contributed by atoms with E-state index in [9.17, 15) is 0 Å². The highest BCUT2D eigenvalue weighted by Gasteiger charge is 2.06. The van der Waals surface area contributed by atoms with Crippen LogP contribution >= 0.6 is 0 Å². The second-order valence-electron chi connectivity index (χ2n) is 4.36. The Bertz CT molecular complexity index is 546. The second kappa shape index (κ2) is 6.25. The maximum absolute atomic E-state index is 5.76. The number of nitrogens with zero attached hydrogens (tertiary/aromatic N) is 1. The van der Waals surface area contributed by atoms with E-state index in [0.717, 1.165) is 5.69 Å². The Labute approximate surface area is 118 Å². The van der Waals surface area contributed by atoms with Crippen LogP contribution in [0.5, 0.6) is 23.0 Å². The van der Waals surface area contributed by atoms with Gasteiger partial charge in [-0.2, -0.15) is 0 Å². The van der Waals surface area contributed by atoms with Crippen molar-refractivity contribution in [2.75, 3.05) is 14.2 Å². The van der Waals surface area contributed by atoms with E-state index in [0.29, 0.717) is 23.0 Å². The van der Waals surface area contributed by atoms with Crippen LogP contribution in [0.15, 0.2) is 36.5 Å². The summed E-state index contributed by atoms with van der Waals surface area (Å²) in [4.78, 5) is 4.25. The molecule has 1 aromatic carbocycles. The van der Waals surface area contributed by atoms with Crippen molar-refractivity contribution in [3.05, 3.63) is 42.2 Å². The minimum absolute atomic E-state index is 0.0963. The van der Waals surface area contributed by atoms with Crippen molar-refractivity contribution in [2.45, 2.75) is 13.0 Å². The summed E-state index contributed by atoms with van der Waals surface area (Å²) in [6, 6.07) is 8.92. The third-order valence-electron chi connectivity index (χ3n) is 2.79. The Kier molecular flexibility index (Phi) is 4.42. The van der Waals surface area contributed by atoms with Gasteiger partial charge in [0.25, 0.3) is 0 Å². The number of rotatable bonds is 5. The predicted octanol–water partition coefficient (Wildman–Crippen LogP) is 2.91. The molecule has 0 radical (unpaired) electrons. The summed E-state index contributed by atoms with van der Waals surface area (Å²) in [5.41, 5.74) is 6.58. The fourth-order valence-corrected chi connectivity index (χ4v) is 1.70. The maximum atomic E-state index is 5.76. The number of hydrogen-bond acceptors (Lipinski definition) is 5. The lowest BCUT2D eigenvalue weighted by Gasteiger charge is -2.10. The van der Waals surface area contributed by atoms with Gasteiger partial charge in [0.05, 0.1) is 26.1 Å². The zero-order valence-corrected chi connectivity index (χ0v) is 11.8. The normalized spacial score (nSPS) is 11.8. The van der Waals surface area contributed by atoms with Gasteiger partial charge in [-0.25, -0.2) is 0 Å². The van der Waals surface area contributed by atoms with Crippen LogP contribution in [0, 0.1) is 0 Å². The molecule has 1 aromatic heterocycles. The largest absolute Gasteiger partial charge is 0.496 e. The number of ether oxygens (including phenoxy) is 3. The van der Waals surface area contributed by atoms with Crippen LogP contribution in [-0.4, -0.2) is 19.2 Å². The minimum Gasteiger partial charge on any atom is -0.496 e. The molecule has 0 aliphatic heterocycles. The highest BCUT2D eigenvalue weighted by atomic mass is 16.5. The zero-order chi connectivity index (χ0) is 14.5. The molecule has 0 saturated heterocycles. The monoisotopic (exact) mass is 274 g/mol. The zero-order valence-electron chi connectivity index (χ0n) is 11.8. The Morgan fingerprint density at radius 1 is 0.950 bits per heavy atom. The fourth-order valence-electron chi connectivity index (χ4n) is 1.70. The number of nitrogens with two attached hydrogens (primary N) is 1. The van der Waals surface area contributed by atoms with Crippen molar-refractivity contribution >= 4 is 0 Å². The second-order valence-corrected chi connectivity index (χ2v) is 4.36. The smallest absolute Gasteiger partial charge is 0.145 e. The van der Waals surface area contributed by atoms with Crippen molar-refractivity contribution in [2.24, 2.45) is 5.73 Å². The molecule has 2 N–H and O–H groups in total. The molecule has 5 nitrogen and oxygen atoms in total. The van der Waals surface area contributed by atoms with E-state index in [1.54, 1.807) is 38.6 Å². The molecule has 2 aromatic rings. The van der Waals surface area contributed by atoms with Gasteiger partial charge >= 0.3 is 0 Å². The first kappa shape index (κ1) is 14.1. The molecule has 0 bridgehead atoms. The summed E-state index contributed by atoms with van der Waals surface area (Å²) >= 11 is 0. The molecule has 2 rings (SSSR count). The van der Waals surface area contributed by atoms with Gasteiger partial charge in [0, 0.05) is 24.2 Å². The van der Waals surface area contributed by atoms with Crippen LogP contribution in [0.25, 0.3) is 0 Å². The van der Waals surface area contributed by atoms with Gasteiger partial charge in [-0.15, -0.1) is 0 Å². The van der Waals surface area contributed by atoms with Gasteiger partial charge in [0.1, 0.15) is 23.0 Å². The summed E-state index contributed by atoms with van der Waals surface area (Å²) in [6.45, 7) is 1.88. The van der Waals surface area contributed by atoms with Crippen molar-refractivity contribution < 1.29 is 14.2 Å². The third kappa shape index (κ3) is 3.39. The topological polar surface area (TPSA) is 66.6 Å². The molecule has 5 heteroatoms. The van der Waals surface area contributed by atoms with E-state index >= 15 is 0 Å². The van der Waals surface area contributed by atoms with Crippen LogP contribution in [0.2, 0.25) is 0 Å². The molecule has 0 aliphatic rings. The fraction of sp³-hybridized carbons (Fsp3) is 0.267. The Morgan fingerprint density at radius 3 is 2.00 bits per heavy atom. The average molecular weight is 274 g/mol. The van der Waals surface area contributed by atoms with Crippen LogP contribution < -0.4 is 19.9 Å². The number of benzene rings is 1. The van der Waals surface area contributed by atoms with Crippen molar-refractivity contribution in [1.82, 2.24) is 4.98 Å². The van der Waals surface area contributed by atoms with Gasteiger partial charge in [0.15, 0.2) is 0 Å². The third-order valence-corrected chi connectivity index (χ3v) is 2.79. The molecule has 20 heavy (non-hydrogen) atoms. The van der Waals surface area contributed by atoms with Crippen LogP contribution in [0.3, 0.4) is 0 Å². The summed E-state index contributed by atoms with van der Waals surface area (Å²) in [6.07, 6.45) is 1.64. The van der Waals surface area contributed by atoms with Crippen molar-refractivity contribution in [3.63, 3.8) is 0 Å². The standard InChI is InChI=1S/C15H18N2O3/c1-10(16)15-5-4-11(9-17-15)20-14-7-12(18-2)6-13(8-14)19-3/h4-10H,16H2,1-3H3. The minimum atomic E-state index is -0.0963. The lowest BCUT2D eigenvalue weighted by Crippen LogP contribution is -2.06. The molecular weight excluding hydrogens is 256 g/mol. The molecule has 0 fully saturated rings. The lowest BCUT2D eigenvalue weighted by atomic mass is 10.2. The van der Waals surface area contributed by atoms with E-state index in [-0.39, 0.29) is 6.04 Å². The van der Waals surface area contributed by atoms with E-state index in [1.807, 2.05) is 19.1 Å². The highest BCUT2D eigenvalue weighted by molar-refractivity contribution is 5.43. The van der Waals surface area contributed by atoms with E-state index in [2.05, 4.69) is 4.98 Å². The summed E-state index contributed by atoms with van der Waals surface area (Å²) in [5, 5.41) is 0. The van der Waals surface area contributed by atoms with Crippen molar-refractivity contribution in [1.29, 1.82) is 0 Å². The maximum Gasteiger partial charge on any atom is 0.145 e. The van der Waals surface area contributed by atoms with Crippen LogP contribution in [-0.2, 0) is 0 Å². The first-order valence-corrected chi connectivity index (χ1v) is 6.25. The number of pyridine rings is 1. The molecule has 1 unspecified atom stereocenters. The summed E-state index contributed by atoms with van der Waals surface area (Å²) in [7, 11) is 3.19. The Morgan fingerprint density at radius 2 is 1.55 bits per heavy atom. The molecule has 0 saturated carbocycles. The molecule has 0 amide bonds. The molecule has 1 heterocycles. The molecule has 106 valence electrons.